The van der Waals surface area contributed by atoms with Crippen LogP contribution >= 0.6 is 11.6 Å². The summed E-state index contributed by atoms with van der Waals surface area (Å²) >= 11 is 5.79. The molecule has 4 rings (SSSR count). The van der Waals surface area contributed by atoms with E-state index in [1.807, 2.05) is 0 Å². The van der Waals surface area contributed by atoms with E-state index < -0.39 is 28.0 Å². The third kappa shape index (κ3) is 8.44. The van der Waals surface area contributed by atoms with Crippen LogP contribution in [0.3, 0.4) is 0 Å². The van der Waals surface area contributed by atoms with E-state index in [0.717, 1.165) is 57.0 Å². The minimum atomic E-state index is -5.08. The van der Waals surface area contributed by atoms with E-state index in [2.05, 4.69) is 20.3 Å². The van der Waals surface area contributed by atoms with Crippen molar-refractivity contribution >= 4 is 44.9 Å². The Morgan fingerprint density at radius 3 is 2.23 bits per heavy atom. The maximum Gasteiger partial charge on any atom is 0.490 e. The summed E-state index contributed by atoms with van der Waals surface area (Å²) in [5.74, 6) is -3.68. The van der Waals surface area contributed by atoms with Crippen molar-refractivity contribution in [2.75, 3.05) is 35.8 Å². The summed E-state index contributed by atoms with van der Waals surface area (Å²) in [6.07, 6.45) is -0.985. The molecular weight excluding hydrogens is 568 g/mol. The molecule has 4 N–H and O–H groups in total. The number of hydrogen-bond donors (Lipinski definition) is 4. The molecule has 1 amide bonds. The molecule has 1 saturated carbocycles. The number of alkyl halides is 3. The van der Waals surface area contributed by atoms with Crippen LogP contribution in [0.15, 0.2) is 41.3 Å². The van der Waals surface area contributed by atoms with Crippen molar-refractivity contribution in [1.82, 2.24) is 10.6 Å². The molecule has 0 unspecified atom stereocenters. The lowest BCUT2D eigenvalue weighted by atomic mass is 10.1. The zero-order chi connectivity index (χ0) is 28.8. The van der Waals surface area contributed by atoms with Crippen LogP contribution in [0.25, 0.3) is 0 Å². The normalized spacial score (nSPS) is 16.3. The molecule has 0 radical (unpaired) electrons. The Bertz CT molecular complexity index is 1300. The van der Waals surface area contributed by atoms with Gasteiger partial charge >= 0.3 is 12.1 Å². The molecule has 2 aliphatic rings. The number of carbonyl (C=O) groups excluding carboxylic acids is 1. The number of halogens is 5. The molecule has 1 aliphatic carbocycles. The number of amides is 1. The summed E-state index contributed by atoms with van der Waals surface area (Å²) in [7, 11) is -4.05. The average Bonchev–Trinajstić information content (AvgIpc) is 3.38. The number of rotatable bonds is 6. The Hall–Kier alpha value is -3.10. The first-order valence-corrected chi connectivity index (χ1v) is 13.8. The number of carbonyl (C=O) groups is 2. The van der Waals surface area contributed by atoms with Gasteiger partial charge in [0, 0.05) is 37.8 Å². The van der Waals surface area contributed by atoms with Crippen LogP contribution in [0.2, 0.25) is 5.02 Å². The van der Waals surface area contributed by atoms with Gasteiger partial charge in [-0.2, -0.15) is 13.2 Å². The molecule has 1 heterocycles. The number of carboxylic acids is 1. The molecular formula is C24H27ClF4N4O5S. The highest BCUT2D eigenvalue weighted by atomic mass is 35.5. The van der Waals surface area contributed by atoms with E-state index in [1.165, 1.54) is 0 Å². The largest absolute Gasteiger partial charge is 0.490 e. The monoisotopic (exact) mass is 594 g/mol. The second-order valence-electron chi connectivity index (χ2n) is 8.91. The van der Waals surface area contributed by atoms with E-state index >= 15 is 0 Å². The van der Waals surface area contributed by atoms with Crippen molar-refractivity contribution in [2.24, 2.45) is 0 Å². The predicted octanol–water partition coefficient (Wildman–Crippen LogP) is 4.00. The molecule has 2 aromatic rings. The van der Waals surface area contributed by atoms with E-state index in [4.69, 9.17) is 21.5 Å². The van der Waals surface area contributed by atoms with Crippen molar-refractivity contribution in [2.45, 2.75) is 42.8 Å². The molecule has 0 atom stereocenters. The molecule has 39 heavy (non-hydrogen) atoms. The van der Waals surface area contributed by atoms with Gasteiger partial charge in [0.2, 0.25) is 0 Å². The number of benzene rings is 2. The van der Waals surface area contributed by atoms with Crippen LogP contribution < -0.4 is 20.3 Å². The summed E-state index contributed by atoms with van der Waals surface area (Å²) in [5, 5.41) is 13.1. The molecule has 0 aromatic heterocycles. The zero-order valence-electron chi connectivity index (χ0n) is 20.5. The smallest absolute Gasteiger partial charge is 0.475 e. The van der Waals surface area contributed by atoms with Gasteiger partial charge in [0.25, 0.3) is 15.9 Å². The fourth-order valence-electron chi connectivity index (χ4n) is 4.13. The maximum atomic E-state index is 13.5. The SMILES string of the molecule is O=C(NC1CCCC1)c1ccc(N2CCNCC2)c(NS(=O)(=O)c2ccc(F)c(Cl)c2)c1.O=C(O)C(F)(F)F. The van der Waals surface area contributed by atoms with E-state index in [1.54, 1.807) is 18.2 Å². The van der Waals surface area contributed by atoms with Crippen LogP contribution in [0.1, 0.15) is 36.0 Å². The van der Waals surface area contributed by atoms with Crippen molar-refractivity contribution in [3.63, 3.8) is 0 Å². The molecule has 0 spiro atoms. The van der Waals surface area contributed by atoms with E-state index in [-0.39, 0.29) is 21.9 Å². The fourth-order valence-corrected chi connectivity index (χ4v) is 5.46. The number of carboxylic acid groups (broad SMARTS) is 1. The molecule has 9 nitrogen and oxygen atoms in total. The lowest BCUT2D eigenvalue weighted by Crippen LogP contribution is -2.43. The van der Waals surface area contributed by atoms with Crippen LogP contribution in [0, 0.1) is 5.82 Å². The number of piperazine rings is 1. The molecule has 214 valence electrons. The van der Waals surface area contributed by atoms with Gasteiger partial charge in [0.15, 0.2) is 0 Å². The van der Waals surface area contributed by atoms with Gasteiger partial charge in [0.05, 0.1) is 21.3 Å². The van der Waals surface area contributed by atoms with Crippen LogP contribution in [-0.4, -0.2) is 63.8 Å². The van der Waals surface area contributed by atoms with E-state index in [0.29, 0.717) is 30.0 Å². The van der Waals surface area contributed by atoms with Crippen LogP contribution in [0.5, 0.6) is 0 Å². The molecule has 1 aliphatic heterocycles. The lowest BCUT2D eigenvalue weighted by molar-refractivity contribution is -0.192. The average molecular weight is 595 g/mol. The van der Waals surface area contributed by atoms with Crippen LogP contribution in [0.4, 0.5) is 28.9 Å². The quantitative estimate of drug-likeness (QED) is 0.372. The van der Waals surface area contributed by atoms with Gasteiger partial charge in [-0.3, -0.25) is 9.52 Å². The van der Waals surface area contributed by atoms with Gasteiger partial charge in [-0.1, -0.05) is 24.4 Å². The highest BCUT2D eigenvalue weighted by molar-refractivity contribution is 7.92. The van der Waals surface area contributed by atoms with Gasteiger partial charge in [-0.05, 0) is 49.2 Å². The van der Waals surface area contributed by atoms with E-state index in [9.17, 15) is 30.8 Å². The molecule has 0 bridgehead atoms. The Morgan fingerprint density at radius 2 is 1.67 bits per heavy atom. The van der Waals surface area contributed by atoms with Gasteiger partial charge < -0.3 is 20.6 Å². The third-order valence-electron chi connectivity index (χ3n) is 6.10. The third-order valence-corrected chi connectivity index (χ3v) is 7.75. The zero-order valence-corrected chi connectivity index (χ0v) is 22.1. The number of hydrogen-bond acceptors (Lipinski definition) is 6. The topological polar surface area (TPSA) is 128 Å². The van der Waals surface area contributed by atoms with Crippen molar-refractivity contribution < 1.29 is 40.7 Å². The summed E-state index contributed by atoms with van der Waals surface area (Å²) in [4.78, 5) is 23.6. The van der Waals surface area contributed by atoms with Gasteiger partial charge in [0.1, 0.15) is 5.82 Å². The van der Waals surface area contributed by atoms with Gasteiger partial charge in [-0.15, -0.1) is 0 Å². The maximum absolute atomic E-state index is 13.5. The first-order valence-electron chi connectivity index (χ1n) is 12.0. The number of sulfonamides is 1. The Labute approximate surface area is 227 Å². The number of anilines is 2. The summed E-state index contributed by atoms with van der Waals surface area (Å²) < 4.78 is 73.9. The van der Waals surface area contributed by atoms with Crippen LogP contribution in [-0.2, 0) is 14.8 Å². The van der Waals surface area contributed by atoms with Crippen molar-refractivity contribution in [3.8, 4) is 0 Å². The number of aliphatic carboxylic acids is 1. The number of nitrogens with one attached hydrogen (secondary N) is 3. The minimum Gasteiger partial charge on any atom is -0.475 e. The molecule has 15 heteroatoms. The molecule has 2 fully saturated rings. The highest BCUT2D eigenvalue weighted by Gasteiger charge is 2.38. The first kappa shape index (κ1) is 30.4. The molecule has 1 saturated heterocycles. The summed E-state index contributed by atoms with van der Waals surface area (Å²) in [5.41, 5.74) is 1.36. The standard InChI is InChI=1S/C22H26ClFN4O3S.C2HF3O2/c23-18-14-17(6-7-19(18)24)32(30,31)27-20-13-15(22(29)26-16-3-1-2-4-16)5-8-21(20)28-11-9-25-10-12-28;3-2(4,5)1(6)7/h5-8,13-14,16,25,27H,1-4,9-12H2,(H,26,29);(H,6,7). The van der Waals surface area contributed by atoms with Gasteiger partial charge in [-0.25, -0.2) is 17.6 Å². The molecule has 2 aromatic carbocycles. The summed E-state index contributed by atoms with van der Waals surface area (Å²) in [6, 6.07) is 8.44. The Kier molecular flexibility index (Phi) is 10.0. The Morgan fingerprint density at radius 1 is 1.05 bits per heavy atom. The fraction of sp³-hybridized carbons (Fsp3) is 0.417. The van der Waals surface area contributed by atoms with Crippen molar-refractivity contribution in [1.29, 1.82) is 0 Å². The highest BCUT2D eigenvalue weighted by Crippen LogP contribution is 2.31. The second-order valence-corrected chi connectivity index (χ2v) is 11.0. The first-order chi connectivity index (χ1) is 18.3. The van der Waals surface area contributed by atoms with Crippen molar-refractivity contribution in [3.05, 3.63) is 52.8 Å². The minimum absolute atomic E-state index is 0.150. The second kappa shape index (κ2) is 12.8. The predicted molar refractivity (Wildman–Crippen MR) is 137 cm³/mol. The summed E-state index contributed by atoms with van der Waals surface area (Å²) in [6.45, 7) is 2.93. The number of nitrogens with zero attached hydrogens (tertiary/aromatic N) is 1. The Balaban J connectivity index is 0.000000532. The lowest BCUT2D eigenvalue weighted by Gasteiger charge is -2.31.